The average molecular weight is 538 g/mol. The molecular formula is C31H31N5O4. The molecule has 0 aliphatic carbocycles. The van der Waals surface area contributed by atoms with Gasteiger partial charge in [0, 0.05) is 5.56 Å². The fourth-order valence-electron chi connectivity index (χ4n) is 4.95. The van der Waals surface area contributed by atoms with Crippen LogP contribution in [0.4, 0.5) is 5.95 Å². The van der Waals surface area contributed by atoms with E-state index in [0.29, 0.717) is 32.1 Å². The molecule has 1 saturated heterocycles. The molecule has 6 rings (SSSR count). The van der Waals surface area contributed by atoms with Crippen molar-refractivity contribution < 1.29 is 18.9 Å². The van der Waals surface area contributed by atoms with Crippen LogP contribution in [0.25, 0.3) is 5.65 Å². The molecule has 1 aliphatic heterocycles. The Kier molecular flexibility index (Phi) is 8.06. The fourth-order valence-corrected chi connectivity index (χ4v) is 4.95. The van der Waals surface area contributed by atoms with Crippen LogP contribution in [-0.4, -0.2) is 44.5 Å². The van der Waals surface area contributed by atoms with E-state index in [1.54, 1.807) is 6.20 Å². The van der Waals surface area contributed by atoms with E-state index in [1.807, 2.05) is 91.0 Å². The number of anilines is 1. The number of ether oxygens (including phenoxy) is 4. The summed E-state index contributed by atoms with van der Waals surface area (Å²) in [6.45, 7) is 1.59. The molecule has 3 heterocycles. The van der Waals surface area contributed by atoms with Crippen molar-refractivity contribution in [3.63, 3.8) is 0 Å². The summed E-state index contributed by atoms with van der Waals surface area (Å²) >= 11 is 0. The van der Waals surface area contributed by atoms with Gasteiger partial charge in [-0.25, -0.2) is 9.97 Å². The van der Waals surface area contributed by atoms with Crippen molar-refractivity contribution in [1.29, 1.82) is 0 Å². The SMILES string of the molecule is Nc1ncnc2c(C3OC(COCc4ccccc4)C(OCc4ccccc4)C3OCc3ccccc3)cnn12. The lowest BCUT2D eigenvalue weighted by atomic mass is 10.0. The predicted octanol–water partition coefficient (Wildman–Crippen LogP) is 4.53. The highest BCUT2D eigenvalue weighted by Gasteiger charge is 2.48. The van der Waals surface area contributed by atoms with Crippen molar-refractivity contribution in [1.82, 2.24) is 19.6 Å². The summed E-state index contributed by atoms with van der Waals surface area (Å²) < 4.78 is 27.5. The number of nitrogens with zero attached hydrogens (tertiary/aromatic N) is 4. The molecule has 0 amide bonds. The van der Waals surface area contributed by atoms with E-state index in [4.69, 9.17) is 24.7 Å². The largest absolute Gasteiger partial charge is 0.374 e. The molecule has 2 aromatic heterocycles. The number of benzene rings is 3. The van der Waals surface area contributed by atoms with Gasteiger partial charge in [-0.1, -0.05) is 91.0 Å². The molecule has 9 nitrogen and oxygen atoms in total. The highest BCUT2D eigenvalue weighted by Crippen LogP contribution is 2.39. The molecule has 2 N–H and O–H groups in total. The van der Waals surface area contributed by atoms with Crippen molar-refractivity contribution in [2.75, 3.05) is 12.3 Å². The van der Waals surface area contributed by atoms with Crippen LogP contribution in [0.1, 0.15) is 28.4 Å². The van der Waals surface area contributed by atoms with Crippen LogP contribution in [0.15, 0.2) is 104 Å². The Morgan fingerprint density at radius 3 is 1.93 bits per heavy atom. The lowest BCUT2D eigenvalue weighted by molar-refractivity contribution is -0.0898. The molecule has 0 bridgehead atoms. The summed E-state index contributed by atoms with van der Waals surface area (Å²) in [6, 6.07) is 30.2. The lowest BCUT2D eigenvalue weighted by Crippen LogP contribution is -2.37. The highest BCUT2D eigenvalue weighted by atomic mass is 16.6. The summed E-state index contributed by atoms with van der Waals surface area (Å²) in [7, 11) is 0. The second kappa shape index (κ2) is 12.4. The first-order valence-electron chi connectivity index (χ1n) is 13.3. The van der Waals surface area contributed by atoms with Crippen molar-refractivity contribution in [2.24, 2.45) is 0 Å². The number of rotatable bonds is 11. The van der Waals surface area contributed by atoms with E-state index in [1.165, 1.54) is 10.8 Å². The van der Waals surface area contributed by atoms with E-state index >= 15 is 0 Å². The second-order valence-corrected chi connectivity index (χ2v) is 9.69. The third-order valence-corrected chi connectivity index (χ3v) is 6.94. The Morgan fingerprint density at radius 2 is 1.30 bits per heavy atom. The molecule has 204 valence electrons. The van der Waals surface area contributed by atoms with Crippen LogP contribution in [0.3, 0.4) is 0 Å². The van der Waals surface area contributed by atoms with Gasteiger partial charge in [-0.15, -0.1) is 0 Å². The van der Waals surface area contributed by atoms with Crippen molar-refractivity contribution in [3.05, 3.63) is 126 Å². The first-order valence-corrected chi connectivity index (χ1v) is 13.3. The van der Waals surface area contributed by atoms with Gasteiger partial charge >= 0.3 is 0 Å². The molecule has 1 fully saturated rings. The van der Waals surface area contributed by atoms with Gasteiger partial charge in [-0.05, 0) is 16.7 Å². The molecule has 0 saturated carbocycles. The third kappa shape index (κ3) is 5.88. The van der Waals surface area contributed by atoms with Gasteiger partial charge in [0.1, 0.15) is 30.7 Å². The normalized spacial score (nSPS) is 20.7. The lowest BCUT2D eigenvalue weighted by Gasteiger charge is -2.25. The minimum atomic E-state index is -0.512. The zero-order chi connectivity index (χ0) is 27.1. The predicted molar refractivity (Wildman–Crippen MR) is 149 cm³/mol. The van der Waals surface area contributed by atoms with Gasteiger partial charge < -0.3 is 24.7 Å². The average Bonchev–Trinajstić information content (AvgIpc) is 3.58. The van der Waals surface area contributed by atoms with Crippen LogP contribution in [0, 0.1) is 0 Å². The Hall–Kier alpha value is -4.15. The van der Waals surface area contributed by atoms with E-state index in [2.05, 4.69) is 15.1 Å². The number of hydrogen-bond acceptors (Lipinski definition) is 8. The van der Waals surface area contributed by atoms with Gasteiger partial charge in [0.15, 0.2) is 5.65 Å². The first-order chi connectivity index (χ1) is 19.8. The minimum Gasteiger partial charge on any atom is -0.374 e. The molecule has 0 radical (unpaired) electrons. The number of fused-ring (bicyclic) bond motifs is 1. The second-order valence-electron chi connectivity index (χ2n) is 9.69. The van der Waals surface area contributed by atoms with Crippen LogP contribution in [-0.2, 0) is 38.8 Å². The molecule has 4 atom stereocenters. The molecule has 40 heavy (non-hydrogen) atoms. The zero-order valence-electron chi connectivity index (χ0n) is 22.0. The maximum absolute atomic E-state index is 6.66. The summed E-state index contributed by atoms with van der Waals surface area (Å²) in [6.07, 6.45) is 1.35. The number of nitrogens with two attached hydrogens (primary N) is 1. The zero-order valence-corrected chi connectivity index (χ0v) is 22.0. The highest BCUT2D eigenvalue weighted by molar-refractivity contribution is 5.51. The number of aromatic nitrogens is 4. The van der Waals surface area contributed by atoms with Gasteiger partial charge in [-0.2, -0.15) is 9.61 Å². The van der Waals surface area contributed by atoms with Crippen LogP contribution >= 0.6 is 0 Å². The monoisotopic (exact) mass is 537 g/mol. The van der Waals surface area contributed by atoms with E-state index in [0.717, 1.165) is 22.3 Å². The van der Waals surface area contributed by atoms with Gasteiger partial charge in [0.2, 0.25) is 5.95 Å². The Balaban J connectivity index is 1.29. The maximum Gasteiger partial charge on any atom is 0.224 e. The van der Waals surface area contributed by atoms with E-state index in [-0.39, 0.29) is 5.95 Å². The molecule has 9 heteroatoms. The van der Waals surface area contributed by atoms with E-state index in [9.17, 15) is 0 Å². The fraction of sp³-hybridized carbons (Fsp3) is 0.258. The Morgan fingerprint density at radius 1 is 0.725 bits per heavy atom. The topological polar surface area (TPSA) is 106 Å². The van der Waals surface area contributed by atoms with Crippen LogP contribution in [0.5, 0.6) is 0 Å². The van der Waals surface area contributed by atoms with Gasteiger partial charge in [-0.3, -0.25) is 0 Å². The summed E-state index contributed by atoms with van der Waals surface area (Å²) in [4.78, 5) is 8.50. The van der Waals surface area contributed by atoms with Crippen molar-refractivity contribution in [2.45, 2.75) is 44.2 Å². The Labute approximate surface area is 232 Å². The Bertz CT molecular complexity index is 1500. The van der Waals surface area contributed by atoms with E-state index < -0.39 is 24.4 Å². The summed E-state index contributed by atoms with van der Waals surface area (Å²) in [5.41, 5.74) is 10.6. The van der Waals surface area contributed by atoms with Gasteiger partial charge in [0.05, 0.1) is 32.6 Å². The van der Waals surface area contributed by atoms with Crippen LogP contribution in [0.2, 0.25) is 0 Å². The minimum absolute atomic E-state index is 0.246. The maximum atomic E-state index is 6.66. The summed E-state index contributed by atoms with van der Waals surface area (Å²) in [5.74, 6) is 0.246. The quantitative estimate of drug-likeness (QED) is 0.262. The first kappa shape index (κ1) is 26.1. The molecule has 4 unspecified atom stereocenters. The van der Waals surface area contributed by atoms with Crippen molar-refractivity contribution in [3.8, 4) is 0 Å². The van der Waals surface area contributed by atoms with Gasteiger partial charge in [0.25, 0.3) is 0 Å². The molecular weight excluding hydrogens is 506 g/mol. The number of nitrogen functional groups attached to an aromatic ring is 1. The third-order valence-electron chi connectivity index (χ3n) is 6.94. The number of hydrogen-bond donors (Lipinski definition) is 1. The molecule has 0 spiro atoms. The summed E-state index contributed by atoms with van der Waals surface area (Å²) in [5, 5.41) is 4.42. The van der Waals surface area contributed by atoms with Crippen LogP contribution < -0.4 is 5.73 Å². The molecule has 3 aromatic carbocycles. The van der Waals surface area contributed by atoms with Crippen molar-refractivity contribution >= 4 is 11.6 Å². The standard InChI is InChI=1S/C31H31N5O4/c32-31-34-21-33-30-25(16-35-36(30)31)27-29(39-19-24-14-8-3-9-15-24)28(38-18-23-12-6-2-7-13-23)26(40-27)20-37-17-22-10-4-1-5-11-22/h1-16,21,26-29H,17-20H2,(H2,32,33,34). The molecule has 1 aliphatic rings. The molecule has 5 aromatic rings. The smallest absolute Gasteiger partial charge is 0.224 e.